The Labute approximate surface area is 85.2 Å². The van der Waals surface area contributed by atoms with E-state index in [1.165, 1.54) is 0 Å². The van der Waals surface area contributed by atoms with Gasteiger partial charge in [-0.2, -0.15) is 0 Å². The van der Waals surface area contributed by atoms with Crippen molar-refractivity contribution in [2.75, 3.05) is 12.9 Å². The highest BCUT2D eigenvalue weighted by Crippen LogP contribution is 2.07. The molecule has 1 unspecified atom stereocenters. The van der Waals surface area contributed by atoms with Crippen molar-refractivity contribution in [1.29, 1.82) is 0 Å². The van der Waals surface area contributed by atoms with E-state index in [2.05, 4.69) is 0 Å². The molecule has 1 aromatic rings. The summed E-state index contributed by atoms with van der Waals surface area (Å²) >= 11 is 0. The lowest BCUT2D eigenvalue weighted by atomic mass is 10.1. The van der Waals surface area contributed by atoms with Crippen LogP contribution in [0.4, 0.5) is 0 Å². The van der Waals surface area contributed by atoms with Crippen molar-refractivity contribution in [3.8, 4) is 0 Å². The van der Waals surface area contributed by atoms with Crippen LogP contribution in [-0.4, -0.2) is 28.0 Å². The minimum atomic E-state index is -0.914. The summed E-state index contributed by atoms with van der Waals surface area (Å²) in [6, 6.07) is 6.85. The molecule has 0 aliphatic carbocycles. The van der Waals surface area contributed by atoms with Crippen LogP contribution in [0.5, 0.6) is 0 Å². The van der Waals surface area contributed by atoms with Crippen LogP contribution in [0.2, 0.25) is 0 Å². The Kier molecular flexibility index (Phi) is 3.98. The number of aliphatic hydroxyl groups is 1. The van der Waals surface area contributed by atoms with E-state index in [4.69, 9.17) is 5.11 Å². The van der Waals surface area contributed by atoms with Crippen molar-refractivity contribution >= 4 is 16.6 Å². The fourth-order valence-corrected chi connectivity index (χ4v) is 1.81. The highest BCUT2D eigenvalue weighted by Gasteiger charge is 2.04. The Morgan fingerprint density at radius 3 is 2.79 bits per heavy atom. The largest absolute Gasteiger partial charge is 0.388 e. The fraction of sp³-hybridized carbons (Fsp3) is 0.300. The molecule has 4 heteroatoms. The summed E-state index contributed by atoms with van der Waals surface area (Å²) in [6.45, 7) is -0.487. The van der Waals surface area contributed by atoms with E-state index in [1.54, 1.807) is 24.5 Å². The molecule has 1 rings (SSSR count). The summed E-state index contributed by atoms with van der Waals surface area (Å²) in [7, 11) is -0.914. The zero-order valence-corrected chi connectivity index (χ0v) is 8.71. The van der Waals surface area contributed by atoms with Crippen molar-refractivity contribution in [3.63, 3.8) is 0 Å². The number of carbonyl (C=O) groups is 1. The normalized spacial score (nSPS) is 12.4. The quantitative estimate of drug-likeness (QED) is 0.749. The van der Waals surface area contributed by atoms with Crippen molar-refractivity contribution < 1.29 is 14.1 Å². The Morgan fingerprint density at radius 1 is 1.50 bits per heavy atom. The number of hydrogen-bond donors (Lipinski definition) is 1. The van der Waals surface area contributed by atoms with Crippen molar-refractivity contribution in [3.05, 3.63) is 35.4 Å². The van der Waals surface area contributed by atoms with Gasteiger partial charge in [-0.1, -0.05) is 18.2 Å². The van der Waals surface area contributed by atoms with E-state index in [0.29, 0.717) is 11.3 Å². The van der Waals surface area contributed by atoms with Gasteiger partial charge in [0.05, 0.1) is 0 Å². The molecule has 0 spiro atoms. The van der Waals surface area contributed by atoms with Crippen LogP contribution in [0.1, 0.15) is 15.9 Å². The van der Waals surface area contributed by atoms with Crippen LogP contribution in [0.25, 0.3) is 0 Å². The molecule has 1 aromatic carbocycles. The molecule has 0 fully saturated rings. The third kappa shape index (κ3) is 3.05. The maximum absolute atomic E-state index is 11.1. The highest BCUT2D eigenvalue weighted by molar-refractivity contribution is 7.83. The molecule has 0 saturated heterocycles. The van der Waals surface area contributed by atoms with Gasteiger partial charge in [-0.25, -0.2) is 0 Å². The van der Waals surface area contributed by atoms with Gasteiger partial charge in [-0.15, -0.1) is 0 Å². The van der Waals surface area contributed by atoms with E-state index in [1.807, 2.05) is 6.07 Å². The van der Waals surface area contributed by atoms with E-state index < -0.39 is 17.4 Å². The van der Waals surface area contributed by atoms with Gasteiger partial charge < -0.3 is 5.11 Å². The van der Waals surface area contributed by atoms with Crippen LogP contribution >= 0.6 is 0 Å². The first-order chi connectivity index (χ1) is 6.63. The van der Waals surface area contributed by atoms with Gasteiger partial charge in [0.25, 0.3) is 0 Å². The van der Waals surface area contributed by atoms with Gasteiger partial charge in [-0.05, 0) is 11.6 Å². The number of carbonyl (C=O) groups excluding carboxylic acids is 1. The summed E-state index contributed by atoms with van der Waals surface area (Å²) < 4.78 is 10.9. The average Bonchev–Trinajstić information content (AvgIpc) is 2.16. The minimum Gasteiger partial charge on any atom is -0.388 e. The molecule has 14 heavy (non-hydrogen) atoms. The molecular weight excluding hydrogens is 200 g/mol. The minimum absolute atomic E-state index is 0.311. The first-order valence-corrected chi connectivity index (χ1v) is 5.89. The average molecular weight is 212 g/mol. The number of aliphatic hydroxyl groups excluding tert-OH is 1. The number of rotatable bonds is 4. The summed E-state index contributed by atoms with van der Waals surface area (Å²) in [5.74, 6) is 0.126. The van der Waals surface area contributed by atoms with Crippen LogP contribution in [-0.2, 0) is 16.6 Å². The zero-order chi connectivity index (χ0) is 10.6. The van der Waals surface area contributed by atoms with Gasteiger partial charge in [0.2, 0.25) is 0 Å². The maximum Gasteiger partial charge on any atom is 0.188 e. The molecular formula is C10H12O3S. The predicted octanol–water partition coefficient (Wildman–Crippen LogP) is 0.740. The second-order valence-corrected chi connectivity index (χ2v) is 4.43. The first kappa shape index (κ1) is 11.1. The monoisotopic (exact) mass is 212 g/mol. The van der Waals surface area contributed by atoms with Gasteiger partial charge in [-0.3, -0.25) is 9.00 Å². The maximum atomic E-state index is 11.1. The molecule has 0 aliphatic rings. The lowest BCUT2D eigenvalue weighted by molar-refractivity contribution is 0.0903. The number of benzene rings is 1. The second-order valence-electron chi connectivity index (χ2n) is 3.00. The molecule has 3 nitrogen and oxygen atoms in total. The molecule has 0 saturated carbocycles. The summed E-state index contributed by atoms with van der Waals surface area (Å²) in [5, 5.41) is 8.65. The molecule has 0 amide bonds. The fourth-order valence-electron chi connectivity index (χ4n) is 1.16. The molecule has 0 aliphatic heterocycles. The van der Waals surface area contributed by atoms with Gasteiger partial charge in [0.15, 0.2) is 5.78 Å². The van der Waals surface area contributed by atoms with Gasteiger partial charge >= 0.3 is 0 Å². The number of hydrogen-bond acceptors (Lipinski definition) is 3. The summed E-state index contributed by atoms with van der Waals surface area (Å²) in [5.41, 5.74) is 1.32. The van der Waals surface area contributed by atoms with Gasteiger partial charge in [0.1, 0.15) is 6.61 Å². The smallest absolute Gasteiger partial charge is 0.188 e. The summed E-state index contributed by atoms with van der Waals surface area (Å²) in [4.78, 5) is 11.1. The molecule has 0 aromatic heterocycles. The predicted molar refractivity (Wildman–Crippen MR) is 55.6 cm³/mol. The second kappa shape index (κ2) is 5.02. The Hall–Kier alpha value is -1.00. The topological polar surface area (TPSA) is 54.4 Å². The standard InChI is InChI=1S/C10H12O3S/c1-14(13)7-8-3-2-4-9(5-8)10(12)6-11/h2-5,11H,6-7H2,1H3. The lowest BCUT2D eigenvalue weighted by Gasteiger charge is -2.01. The summed E-state index contributed by atoms with van der Waals surface area (Å²) in [6.07, 6.45) is 1.61. The third-order valence-electron chi connectivity index (χ3n) is 1.76. The van der Waals surface area contributed by atoms with E-state index >= 15 is 0 Å². The number of Topliss-reactive ketones (excluding diaryl/α,β-unsaturated/α-hetero) is 1. The number of ketones is 1. The molecule has 0 radical (unpaired) electrons. The van der Waals surface area contributed by atoms with Crippen molar-refractivity contribution in [1.82, 2.24) is 0 Å². The highest BCUT2D eigenvalue weighted by atomic mass is 32.2. The Bertz CT molecular complexity index is 360. The third-order valence-corrected chi connectivity index (χ3v) is 2.50. The van der Waals surface area contributed by atoms with Crippen LogP contribution in [0, 0.1) is 0 Å². The Morgan fingerprint density at radius 2 is 2.21 bits per heavy atom. The van der Waals surface area contributed by atoms with Crippen LogP contribution in [0.3, 0.4) is 0 Å². The van der Waals surface area contributed by atoms with Gasteiger partial charge in [0, 0.05) is 28.4 Å². The van der Waals surface area contributed by atoms with Crippen molar-refractivity contribution in [2.45, 2.75) is 5.75 Å². The molecule has 0 heterocycles. The SMILES string of the molecule is CS(=O)Cc1cccc(C(=O)CO)c1. The molecule has 76 valence electrons. The molecule has 0 bridgehead atoms. The first-order valence-electron chi connectivity index (χ1n) is 4.16. The Balaban J connectivity index is 2.89. The van der Waals surface area contributed by atoms with E-state index in [0.717, 1.165) is 5.56 Å². The lowest BCUT2D eigenvalue weighted by Crippen LogP contribution is -2.05. The van der Waals surface area contributed by atoms with Crippen LogP contribution in [0.15, 0.2) is 24.3 Å². The zero-order valence-electron chi connectivity index (χ0n) is 7.90. The van der Waals surface area contributed by atoms with E-state index in [9.17, 15) is 9.00 Å². The van der Waals surface area contributed by atoms with E-state index in [-0.39, 0.29) is 5.78 Å². The van der Waals surface area contributed by atoms with Crippen LogP contribution < -0.4 is 0 Å². The van der Waals surface area contributed by atoms with Crippen molar-refractivity contribution in [2.24, 2.45) is 0 Å². The molecule has 1 atom stereocenters. The molecule has 1 N–H and O–H groups in total.